The molecule has 0 amide bonds. The predicted molar refractivity (Wildman–Crippen MR) is 254 cm³/mol. The molecule has 274 valence electrons. The van der Waals surface area contributed by atoms with E-state index >= 15 is 0 Å². The topological polar surface area (TPSA) is 0 Å². The van der Waals surface area contributed by atoms with Gasteiger partial charge in [0, 0.05) is 0 Å². The first-order chi connectivity index (χ1) is 28.8. The Hall–Kier alpha value is -6.85. The summed E-state index contributed by atoms with van der Waals surface area (Å²) in [6.45, 7) is 0. The van der Waals surface area contributed by atoms with Crippen molar-refractivity contribution >= 4 is 79.2 Å². The number of fused-ring (bicyclic) bond motifs is 2. The van der Waals surface area contributed by atoms with Gasteiger partial charge in [-0.05, 0) is 74.2 Å². The Morgan fingerprint density at radius 3 is 0.672 bits per heavy atom. The fourth-order valence-corrected chi connectivity index (χ4v) is 19.2. The standard InChI is InChI=1S/C56H42Si2/c1-7-25-45(26-8-1)57(46-27-9-2-10-28-46,47-29-11-3-12-30-47)51-39-43-23-19-21-37-53(43)55(41-51)56-42-52(40-44-24-20-22-38-54(44)56)58(48-31-13-4-14-32-48,49-33-15-5-16-34-49)50-35-17-6-18-36-50/h1-42H. The van der Waals surface area contributed by atoms with Crippen LogP contribution in [0, 0.1) is 0 Å². The molecule has 0 nitrogen and oxygen atoms in total. The van der Waals surface area contributed by atoms with Gasteiger partial charge >= 0.3 is 0 Å². The van der Waals surface area contributed by atoms with Crippen molar-refractivity contribution in [2.45, 2.75) is 0 Å². The van der Waals surface area contributed by atoms with Crippen molar-refractivity contribution in [3.63, 3.8) is 0 Å². The van der Waals surface area contributed by atoms with E-state index in [9.17, 15) is 0 Å². The maximum absolute atomic E-state index is 2.85. The maximum atomic E-state index is 2.57. The molecule has 0 fully saturated rings. The third kappa shape index (κ3) is 5.89. The lowest BCUT2D eigenvalue weighted by molar-refractivity contribution is 1.66. The molecule has 2 heteroatoms. The van der Waals surface area contributed by atoms with E-state index in [1.54, 1.807) is 0 Å². The lowest BCUT2D eigenvalue weighted by Crippen LogP contribution is -2.74. The Bertz CT molecular complexity index is 2570. The Kier molecular flexibility index (Phi) is 9.35. The molecular formula is C56H42Si2. The van der Waals surface area contributed by atoms with Gasteiger partial charge in [-0.25, -0.2) is 0 Å². The molecule has 10 aromatic rings. The van der Waals surface area contributed by atoms with Crippen LogP contribution in [-0.2, 0) is 0 Å². The van der Waals surface area contributed by atoms with E-state index in [0.29, 0.717) is 0 Å². The normalized spacial score (nSPS) is 11.8. The lowest BCUT2D eigenvalue weighted by Gasteiger charge is -2.36. The van der Waals surface area contributed by atoms with E-state index in [4.69, 9.17) is 0 Å². The highest BCUT2D eigenvalue weighted by molar-refractivity contribution is 7.20. The van der Waals surface area contributed by atoms with Gasteiger partial charge in [0.15, 0.2) is 16.1 Å². The Morgan fingerprint density at radius 2 is 0.414 bits per heavy atom. The molecule has 0 spiro atoms. The number of hydrogen-bond acceptors (Lipinski definition) is 0. The van der Waals surface area contributed by atoms with Gasteiger partial charge in [-0.15, -0.1) is 0 Å². The predicted octanol–water partition coefficient (Wildman–Crippen LogP) is 8.41. The minimum atomic E-state index is -2.85. The van der Waals surface area contributed by atoms with Crippen LogP contribution in [0.1, 0.15) is 0 Å². The summed E-state index contributed by atoms with van der Waals surface area (Å²) in [7, 11) is -5.70. The van der Waals surface area contributed by atoms with Crippen molar-refractivity contribution < 1.29 is 0 Å². The minimum Gasteiger partial charge on any atom is -0.0623 e. The third-order valence-electron chi connectivity index (χ3n) is 12.1. The molecule has 0 saturated carbocycles. The van der Waals surface area contributed by atoms with Gasteiger partial charge in [0.2, 0.25) is 0 Å². The van der Waals surface area contributed by atoms with Crippen LogP contribution >= 0.6 is 0 Å². The second-order valence-corrected chi connectivity index (χ2v) is 22.8. The molecule has 0 aliphatic rings. The van der Waals surface area contributed by atoms with Crippen LogP contribution in [-0.4, -0.2) is 16.1 Å². The molecule has 0 bridgehead atoms. The summed E-state index contributed by atoms with van der Waals surface area (Å²) in [5.74, 6) is 0. The summed E-state index contributed by atoms with van der Waals surface area (Å²) in [5.41, 5.74) is 2.53. The van der Waals surface area contributed by atoms with E-state index in [1.165, 1.54) is 74.2 Å². The Balaban J connectivity index is 1.35. The van der Waals surface area contributed by atoms with Gasteiger partial charge in [-0.3, -0.25) is 0 Å². The highest BCUT2D eigenvalue weighted by Crippen LogP contribution is 2.34. The van der Waals surface area contributed by atoms with Crippen LogP contribution in [0.15, 0.2) is 255 Å². The van der Waals surface area contributed by atoms with E-state index in [2.05, 4.69) is 255 Å². The van der Waals surface area contributed by atoms with Crippen molar-refractivity contribution in [2.24, 2.45) is 0 Å². The number of hydrogen-bond donors (Lipinski definition) is 0. The van der Waals surface area contributed by atoms with E-state index in [1.807, 2.05) is 0 Å². The second-order valence-electron chi connectivity index (χ2n) is 15.2. The zero-order valence-corrected chi connectivity index (χ0v) is 34.2. The molecule has 0 heterocycles. The van der Waals surface area contributed by atoms with Crippen molar-refractivity contribution in [3.8, 4) is 11.1 Å². The molecule has 0 saturated heterocycles. The monoisotopic (exact) mass is 770 g/mol. The summed E-state index contributed by atoms with van der Waals surface area (Å²) in [5, 5.41) is 16.0. The van der Waals surface area contributed by atoms with E-state index < -0.39 is 16.1 Å². The minimum absolute atomic E-state index is 1.25. The SMILES string of the molecule is c1ccc([Si](c2ccccc2)(c2ccccc2)c2cc(-c3cc([Si](c4ccccc4)(c4ccccc4)c4ccccc4)cc4ccccc34)c3ccccc3c2)cc1. The van der Waals surface area contributed by atoms with Crippen LogP contribution in [0.5, 0.6) is 0 Å². The summed E-state index contributed by atoms with van der Waals surface area (Å²) in [4.78, 5) is 0. The number of benzene rings is 10. The van der Waals surface area contributed by atoms with Gasteiger partial charge in [-0.2, -0.15) is 0 Å². The van der Waals surface area contributed by atoms with Crippen molar-refractivity contribution in [1.29, 1.82) is 0 Å². The van der Waals surface area contributed by atoms with Crippen LogP contribution in [0.25, 0.3) is 32.7 Å². The van der Waals surface area contributed by atoms with Crippen molar-refractivity contribution in [2.75, 3.05) is 0 Å². The maximum Gasteiger partial charge on any atom is 0.179 e. The highest BCUT2D eigenvalue weighted by Gasteiger charge is 2.43. The summed E-state index contributed by atoms with van der Waals surface area (Å²) < 4.78 is 0. The molecule has 0 N–H and O–H groups in total. The highest BCUT2D eigenvalue weighted by atomic mass is 28.3. The van der Waals surface area contributed by atoms with Gasteiger partial charge in [-0.1, -0.05) is 255 Å². The fourth-order valence-electron chi connectivity index (χ4n) is 9.63. The van der Waals surface area contributed by atoms with Crippen LogP contribution in [0.3, 0.4) is 0 Å². The van der Waals surface area contributed by atoms with Crippen LogP contribution < -0.4 is 41.5 Å². The molecule has 10 rings (SSSR count). The molecule has 0 atom stereocenters. The van der Waals surface area contributed by atoms with Crippen LogP contribution in [0.2, 0.25) is 0 Å². The first-order valence-corrected chi connectivity index (χ1v) is 24.2. The zero-order valence-electron chi connectivity index (χ0n) is 32.2. The molecule has 58 heavy (non-hydrogen) atoms. The average Bonchev–Trinajstić information content (AvgIpc) is 3.31. The zero-order chi connectivity index (χ0) is 38.8. The summed E-state index contributed by atoms with van der Waals surface area (Å²) >= 11 is 0. The quantitative estimate of drug-likeness (QED) is 0.102. The molecule has 0 aliphatic heterocycles. The third-order valence-corrected chi connectivity index (χ3v) is 21.6. The van der Waals surface area contributed by atoms with E-state index in [0.717, 1.165) is 0 Å². The smallest absolute Gasteiger partial charge is 0.0623 e. The Labute approximate surface area is 343 Å². The average molecular weight is 771 g/mol. The van der Waals surface area contributed by atoms with Crippen molar-refractivity contribution in [1.82, 2.24) is 0 Å². The molecule has 0 aromatic heterocycles. The van der Waals surface area contributed by atoms with Gasteiger partial charge < -0.3 is 0 Å². The molecule has 0 radical (unpaired) electrons. The Morgan fingerprint density at radius 1 is 0.190 bits per heavy atom. The van der Waals surface area contributed by atoms with Gasteiger partial charge in [0.1, 0.15) is 0 Å². The van der Waals surface area contributed by atoms with Crippen molar-refractivity contribution in [3.05, 3.63) is 255 Å². The summed E-state index contributed by atoms with van der Waals surface area (Å²) in [6, 6.07) is 95.9. The molecule has 10 aromatic carbocycles. The molecule has 0 aliphatic carbocycles. The van der Waals surface area contributed by atoms with Gasteiger partial charge in [0.05, 0.1) is 0 Å². The second kappa shape index (κ2) is 15.2. The fraction of sp³-hybridized carbons (Fsp3) is 0. The number of rotatable bonds is 9. The van der Waals surface area contributed by atoms with Crippen LogP contribution in [0.4, 0.5) is 0 Å². The van der Waals surface area contributed by atoms with Gasteiger partial charge in [0.25, 0.3) is 0 Å². The summed E-state index contributed by atoms with van der Waals surface area (Å²) in [6.07, 6.45) is 0. The first kappa shape index (κ1) is 35.6. The molecular weight excluding hydrogens is 729 g/mol. The lowest BCUT2D eigenvalue weighted by atomic mass is 9.94. The van der Waals surface area contributed by atoms with E-state index in [-0.39, 0.29) is 0 Å². The largest absolute Gasteiger partial charge is 0.179 e. The molecule has 0 unspecified atom stereocenters. The first-order valence-electron chi connectivity index (χ1n) is 20.2.